The summed E-state index contributed by atoms with van der Waals surface area (Å²) in [5.41, 5.74) is 7.40. The van der Waals surface area contributed by atoms with E-state index in [2.05, 4.69) is 5.10 Å². The highest BCUT2D eigenvalue weighted by atomic mass is 35.5. The van der Waals surface area contributed by atoms with E-state index in [9.17, 15) is 8.78 Å². The van der Waals surface area contributed by atoms with Crippen molar-refractivity contribution in [2.75, 3.05) is 5.73 Å². The first-order chi connectivity index (χ1) is 9.95. The zero-order valence-corrected chi connectivity index (χ0v) is 12.5. The van der Waals surface area contributed by atoms with Gasteiger partial charge in [0, 0.05) is 13.1 Å². The highest BCUT2D eigenvalue weighted by molar-refractivity contribution is 7.19. The molecule has 3 nitrogen and oxygen atoms in total. The number of nitrogen functional groups attached to an aromatic ring is 1. The van der Waals surface area contributed by atoms with Crippen LogP contribution in [-0.2, 0) is 7.05 Å². The molecule has 2 aromatic heterocycles. The van der Waals surface area contributed by atoms with E-state index in [0.29, 0.717) is 27.0 Å². The monoisotopic (exact) mass is 325 g/mol. The maximum atomic E-state index is 13.5. The second-order valence-electron chi connectivity index (χ2n) is 4.49. The molecule has 0 saturated carbocycles. The summed E-state index contributed by atoms with van der Waals surface area (Å²) in [7, 11) is 1.67. The Morgan fingerprint density at radius 3 is 2.43 bits per heavy atom. The lowest BCUT2D eigenvalue weighted by Gasteiger charge is -2.04. The minimum atomic E-state index is -0.664. The third kappa shape index (κ3) is 2.52. The molecule has 0 fully saturated rings. The predicted octanol–water partition coefficient (Wildman–Crippen LogP) is 4.33. The van der Waals surface area contributed by atoms with Crippen molar-refractivity contribution in [2.24, 2.45) is 7.05 Å². The van der Waals surface area contributed by atoms with Crippen molar-refractivity contribution in [1.29, 1.82) is 0 Å². The Morgan fingerprint density at radius 1 is 1.19 bits per heavy atom. The number of aryl methyl sites for hydroxylation is 1. The van der Waals surface area contributed by atoms with Crippen LogP contribution in [0.4, 0.5) is 14.6 Å². The largest absolute Gasteiger partial charge is 0.383 e. The Labute approximate surface area is 128 Å². The Morgan fingerprint density at radius 2 is 1.86 bits per heavy atom. The van der Waals surface area contributed by atoms with Gasteiger partial charge >= 0.3 is 0 Å². The van der Waals surface area contributed by atoms with Crippen LogP contribution in [0.25, 0.3) is 21.7 Å². The second kappa shape index (κ2) is 5.13. The van der Waals surface area contributed by atoms with E-state index in [1.807, 2.05) is 0 Å². The van der Waals surface area contributed by atoms with Crippen molar-refractivity contribution in [3.8, 4) is 21.7 Å². The molecule has 0 bridgehead atoms. The van der Waals surface area contributed by atoms with Crippen LogP contribution in [0.2, 0.25) is 4.34 Å². The molecular formula is C14H10ClF2N3S. The fraction of sp³-hybridized carbons (Fsp3) is 0.0714. The van der Waals surface area contributed by atoms with Crippen LogP contribution < -0.4 is 5.73 Å². The molecule has 1 aromatic carbocycles. The summed E-state index contributed by atoms with van der Waals surface area (Å²) in [5, 5.41) is 4.33. The third-order valence-corrected chi connectivity index (χ3v) is 4.29. The van der Waals surface area contributed by atoms with Crippen LogP contribution in [0.5, 0.6) is 0 Å². The Bertz CT molecular complexity index is 805. The van der Waals surface area contributed by atoms with Gasteiger partial charge in [-0.1, -0.05) is 11.6 Å². The molecule has 0 atom stereocenters. The predicted molar refractivity (Wildman–Crippen MR) is 81.3 cm³/mol. The van der Waals surface area contributed by atoms with Gasteiger partial charge in [0.05, 0.1) is 14.8 Å². The molecule has 108 valence electrons. The second-order valence-corrected chi connectivity index (χ2v) is 6.21. The topological polar surface area (TPSA) is 43.8 Å². The quantitative estimate of drug-likeness (QED) is 0.762. The molecule has 21 heavy (non-hydrogen) atoms. The number of nitrogens with zero attached hydrogens (tertiary/aromatic N) is 2. The highest BCUT2D eigenvalue weighted by Crippen LogP contribution is 2.40. The first-order valence-corrected chi connectivity index (χ1v) is 7.20. The minimum absolute atomic E-state index is 0.333. The number of hydrogen-bond acceptors (Lipinski definition) is 3. The van der Waals surface area contributed by atoms with Crippen molar-refractivity contribution < 1.29 is 8.78 Å². The van der Waals surface area contributed by atoms with Gasteiger partial charge in [0.1, 0.15) is 23.1 Å². The molecule has 0 amide bonds. The van der Waals surface area contributed by atoms with Crippen LogP contribution >= 0.6 is 22.9 Å². The maximum Gasteiger partial charge on any atom is 0.129 e. The van der Waals surface area contributed by atoms with Gasteiger partial charge < -0.3 is 5.73 Å². The Hall–Kier alpha value is -1.92. The van der Waals surface area contributed by atoms with E-state index >= 15 is 0 Å². The first-order valence-electron chi connectivity index (χ1n) is 6.00. The van der Waals surface area contributed by atoms with Gasteiger partial charge in [0.25, 0.3) is 0 Å². The van der Waals surface area contributed by atoms with E-state index in [-0.39, 0.29) is 0 Å². The SMILES string of the molecule is Cn1nc(-c2ccc(Cl)s2)c(-c2cc(F)cc(F)c2)c1N. The van der Waals surface area contributed by atoms with Crippen molar-refractivity contribution in [3.05, 3.63) is 46.3 Å². The normalized spacial score (nSPS) is 11.0. The molecule has 3 aromatic rings. The first kappa shape index (κ1) is 14.0. The molecule has 0 radical (unpaired) electrons. The van der Waals surface area contributed by atoms with E-state index in [1.165, 1.54) is 28.2 Å². The standard InChI is InChI=1S/C14H10ClF2N3S/c1-20-14(18)12(7-4-8(16)6-9(17)5-7)13(19-20)10-2-3-11(15)21-10/h2-6H,18H2,1H3. The summed E-state index contributed by atoms with van der Waals surface area (Å²) in [4.78, 5) is 0.784. The molecule has 7 heteroatoms. The molecule has 0 aliphatic carbocycles. The summed E-state index contributed by atoms with van der Waals surface area (Å²) in [6.07, 6.45) is 0. The molecule has 0 spiro atoms. The lowest BCUT2D eigenvalue weighted by atomic mass is 10.0. The molecule has 2 heterocycles. The number of benzene rings is 1. The van der Waals surface area contributed by atoms with Gasteiger partial charge in [-0.05, 0) is 29.8 Å². The summed E-state index contributed by atoms with van der Waals surface area (Å²) in [5.74, 6) is -0.994. The van der Waals surface area contributed by atoms with E-state index in [1.54, 1.807) is 19.2 Å². The Balaban J connectivity index is 2.26. The van der Waals surface area contributed by atoms with Crippen molar-refractivity contribution in [3.63, 3.8) is 0 Å². The number of rotatable bonds is 2. The summed E-state index contributed by atoms with van der Waals surface area (Å²) >= 11 is 7.27. The summed E-state index contributed by atoms with van der Waals surface area (Å²) in [6.45, 7) is 0. The number of thiophene rings is 1. The minimum Gasteiger partial charge on any atom is -0.383 e. The average Bonchev–Trinajstić information content (AvgIpc) is 2.94. The number of anilines is 1. The van der Waals surface area contributed by atoms with Gasteiger partial charge in [0.2, 0.25) is 0 Å². The van der Waals surface area contributed by atoms with Gasteiger partial charge in [-0.2, -0.15) is 5.10 Å². The fourth-order valence-electron chi connectivity index (χ4n) is 2.13. The number of nitrogens with two attached hydrogens (primary N) is 1. The van der Waals surface area contributed by atoms with Crippen LogP contribution in [0, 0.1) is 11.6 Å². The lowest BCUT2D eigenvalue weighted by molar-refractivity contribution is 0.584. The fourth-order valence-corrected chi connectivity index (χ4v) is 3.17. The van der Waals surface area contributed by atoms with Crippen molar-refractivity contribution >= 4 is 28.8 Å². The lowest BCUT2D eigenvalue weighted by Crippen LogP contribution is -1.98. The zero-order chi connectivity index (χ0) is 15.1. The number of hydrogen-bond donors (Lipinski definition) is 1. The summed E-state index contributed by atoms with van der Waals surface area (Å²) < 4.78 is 29.0. The van der Waals surface area contributed by atoms with Gasteiger partial charge in [-0.3, -0.25) is 4.68 Å². The number of halogens is 3. The van der Waals surface area contributed by atoms with E-state index in [4.69, 9.17) is 17.3 Å². The van der Waals surface area contributed by atoms with Crippen molar-refractivity contribution in [2.45, 2.75) is 0 Å². The smallest absolute Gasteiger partial charge is 0.129 e. The van der Waals surface area contributed by atoms with Crippen LogP contribution in [0.1, 0.15) is 0 Å². The van der Waals surface area contributed by atoms with Gasteiger partial charge in [-0.15, -0.1) is 11.3 Å². The molecular weight excluding hydrogens is 316 g/mol. The summed E-state index contributed by atoms with van der Waals surface area (Å²) in [6, 6.07) is 6.82. The molecule has 0 unspecified atom stereocenters. The highest BCUT2D eigenvalue weighted by Gasteiger charge is 2.19. The molecule has 0 aliphatic rings. The third-order valence-electron chi connectivity index (χ3n) is 3.05. The van der Waals surface area contributed by atoms with Gasteiger partial charge in [-0.25, -0.2) is 8.78 Å². The van der Waals surface area contributed by atoms with E-state index in [0.717, 1.165) is 10.9 Å². The van der Waals surface area contributed by atoms with Crippen LogP contribution in [0.3, 0.4) is 0 Å². The van der Waals surface area contributed by atoms with Crippen LogP contribution in [0.15, 0.2) is 30.3 Å². The Kier molecular flexibility index (Phi) is 3.43. The van der Waals surface area contributed by atoms with Gasteiger partial charge in [0.15, 0.2) is 0 Å². The maximum absolute atomic E-state index is 13.5. The van der Waals surface area contributed by atoms with Crippen LogP contribution in [-0.4, -0.2) is 9.78 Å². The zero-order valence-electron chi connectivity index (χ0n) is 10.9. The number of aromatic nitrogens is 2. The molecule has 0 saturated heterocycles. The molecule has 0 aliphatic heterocycles. The molecule has 3 rings (SSSR count). The van der Waals surface area contributed by atoms with Crippen molar-refractivity contribution in [1.82, 2.24) is 9.78 Å². The molecule has 2 N–H and O–H groups in total. The average molecular weight is 326 g/mol. The van der Waals surface area contributed by atoms with E-state index < -0.39 is 11.6 Å².